The molecule has 4 nitrogen and oxygen atoms in total. The van der Waals surface area contributed by atoms with E-state index in [4.69, 9.17) is 0 Å². The molecule has 0 atom stereocenters. The van der Waals surface area contributed by atoms with Crippen molar-refractivity contribution in [2.45, 2.75) is 10.6 Å². The highest BCUT2D eigenvalue weighted by atomic mass is 32.2. The number of nitrogens with one attached hydrogen (secondary N) is 1. The molecule has 0 spiro atoms. The fourth-order valence-electron chi connectivity index (χ4n) is 1.77. The predicted octanol–water partition coefficient (Wildman–Crippen LogP) is 2.68. The van der Waals surface area contributed by atoms with E-state index in [0.717, 1.165) is 27.2 Å². The lowest BCUT2D eigenvalue weighted by molar-refractivity contribution is 0.604. The molecule has 3 aromatic heterocycles. The van der Waals surface area contributed by atoms with Gasteiger partial charge in [-0.3, -0.25) is 0 Å². The van der Waals surface area contributed by atoms with Crippen molar-refractivity contribution in [2.24, 2.45) is 0 Å². The van der Waals surface area contributed by atoms with Gasteiger partial charge in [-0.05, 0) is 17.7 Å². The van der Waals surface area contributed by atoms with Gasteiger partial charge in [0.2, 0.25) is 0 Å². The molecule has 0 radical (unpaired) electrons. The third-order valence-corrected chi connectivity index (χ3v) is 6.42. The lowest BCUT2D eigenvalue weighted by Crippen LogP contribution is -1.91. The summed E-state index contributed by atoms with van der Waals surface area (Å²) < 4.78 is 24.4. The highest BCUT2D eigenvalue weighted by Crippen LogP contribution is 2.28. The van der Waals surface area contributed by atoms with E-state index >= 15 is 0 Å². The van der Waals surface area contributed by atoms with Gasteiger partial charge in [0, 0.05) is 23.8 Å². The highest BCUT2D eigenvalue weighted by molar-refractivity contribution is 7.92. The Bertz CT molecular complexity index is 795. The van der Waals surface area contributed by atoms with Gasteiger partial charge in [0.1, 0.15) is 9.86 Å². The lowest BCUT2D eigenvalue weighted by Gasteiger charge is -1.93. The Balaban J connectivity index is 1.94. The van der Waals surface area contributed by atoms with Crippen molar-refractivity contribution in [2.75, 3.05) is 6.26 Å². The van der Waals surface area contributed by atoms with Gasteiger partial charge in [-0.2, -0.15) is 0 Å². The van der Waals surface area contributed by atoms with Crippen LogP contribution in [0.4, 0.5) is 0 Å². The van der Waals surface area contributed by atoms with Crippen LogP contribution in [-0.4, -0.2) is 24.6 Å². The summed E-state index contributed by atoms with van der Waals surface area (Å²) in [5.41, 5.74) is 3.87. The number of fused-ring (bicyclic) bond motifs is 1. The lowest BCUT2D eigenvalue weighted by atomic mass is 10.2. The van der Waals surface area contributed by atoms with Crippen molar-refractivity contribution in [1.82, 2.24) is 9.97 Å². The highest BCUT2D eigenvalue weighted by Gasteiger charge is 2.12. The summed E-state index contributed by atoms with van der Waals surface area (Å²) in [6.45, 7) is 0. The number of hydrogen-bond donors (Lipinski definition) is 1. The van der Waals surface area contributed by atoms with E-state index in [2.05, 4.69) is 9.97 Å². The van der Waals surface area contributed by atoms with Crippen LogP contribution in [0.25, 0.3) is 10.3 Å². The first kappa shape index (κ1) is 11.9. The summed E-state index contributed by atoms with van der Waals surface area (Å²) in [4.78, 5) is 8.35. The van der Waals surface area contributed by atoms with Crippen LogP contribution in [0.5, 0.6) is 0 Å². The maximum atomic E-state index is 11.4. The van der Waals surface area contributed by atoms with Crippen molar-refractivity contribution in [3.8, 4) is 0 Å². The number of sulfone groups is 1. The third kappa shape index (κ3) is 2.09. The minimum Gasteiger partial charge on any atom is -0.345 e. The van der Waals surface area contributed by atoms with Gasteiger partial charge >= 0.3 is 0 Å². The fourth-order valence-corrected chi connectivity index (χ4v) is 4.54. The third-order valence-electron chi connectivity index (χ3n) is 2.61. The fraction of sp³-hybridized carbons (Fsp3) is 0.182. The summed E-state index contributed by atoms with van der Waals surface area (Å²) in [7, 11) is -3.09. The van der Waals surface area contributed by atoms with Crippen molar-refractivity contribution >= 4 is 42.9 Å². The molecule has 1 N–H and O–H groups in total. The normalized spacial score (nSPS) is 12.3. The monoisotopic (exact) mass is 298 g/mol. The van der Waals surface area contributed by atoms with Crippen LogP contribution < -0.4 is 0 Å². The van der Waals surface area contributed by atoms with E-state index in [-0.39, 0.29) is 0 Å². The first-order valence-corrected chi connectivity index (χ1v) is 8.81. The van der Waals surface area contributed by atoms with Gasteiger partial charge in [-0.1, -0.05) is 0 Å². The number of hydrogen-bond acceptors (Lipinski definition) is 5. The quantitative estimate of drug-likeness (QED) is 0.808. The smallest absolute Gasteiger partial charge is 0.184 e. The number of aromatic nitrogens is 2. The first-order valence-electron chi connectivity index (χ1n) is 5.22. The average molecular weight is 298 g/mol. The van der Waals surface area contributed by atoms with Gasteiger partial charge in [-0.25, -0.2) is 13.4 Å². The predicted molar refractivity (Wildman–Crippen MR) is 74.2 cm³/mol. The molecule has 0 unspecified atom stereocenters. The number of aromatic amines is 1. The first-order chi connectivity index (χ1) is 8.54. The molecule has 0 aliphatic carbocycles. The topological polar surface area (TPSA) is 62.8 Å². The minimum atomic E-state index is -3.09. The summed E-state index contributed by atoms with van der Waals surface area (Å²) in [5.74, 6) is 0. The number of nitrogens with zero attached hydrogens (tertiary/aromatic N) is 1. The van der Waals surface area contributed by atoms with Crippen LogP contribution in [-0.2, 0) is 16.3 Å². The maximum absolute atomic E-state index is 11.4. The van der Waals surface area contributed by atoms with Gasteiger partial charge < -0.3 is 4.98 Å². The molecule has 7 heteroatoms. The van der Waals surface area contributed by atoms with E-state index in [9.17, 15) is 8.42 Å². The van der Waals surface area contributed by atoms with Gasteiger partial charge in [-0.15, -0.1) is 22.7 Å². The molecule has 0 aromatic carbocycles. The molecule has 0 saturated heterocycles. The second-order valence-corrected chi connectivity index (χ2v) is 8.28. The van der Waals surface area contributed by atoms with E-state index < -0.39 is 9.84 Å². The molecular weight excluding hydrogens is 288 g/mol. The second kappa shape index (κ2) is 4.18. The number of thiophene rings is 1. The Hall–Kier alpha value is -1.18. The summed E-state index contributed by atoms with van der Waals surface area (Å²) in [6, 6.07) is 3.55. The number of thiazole rings is 1. The molecular formula is C11H10N2O2S3. The van der Waals surface area contributed by atoms with Gasteiger partial charge in [0.05, 0.1) is 10.2 Å². The van der Waals surface area contributed by atoms with Crippen LogP contribution in [0.3, 0.4) is 0 Å². The molecule has 3 heterocycles. The zero-order chi connectivity index (χ0) is 12.8. The van der Waals surface area contributed by atoms with Crippen LogP contribution >= 0.6 is 22.7 Å². The molecule has 0 saturated carbocycles. The summed E-state index contributed by atoms with van der Waals surface area (Å²) >= 11 is 2.93. The van der Waals surface area contributed by atoms with Crippen molar-refractivity contribution in [3.05, 3.63) is 34.3 Å². The van der Waals surface area contributed by atoms with Crippen molar-refractivity contribution < 1.29 is 8.42 Å². The Morgan fingerprint density at radius 3 is 2.94 bits per heavy atom. The molecule has 94 valence electrons. The van der Waals surface area contributed by atoms with Crippen LogP contribution in [0.15, 0.2) is 28.0 Å². The summed E-state index contributed by atoms with van der Waals surface area (Å²) in [5, 5.41) is 0. The number of H-pyrrole nitrogens is 1. The van der Waals surface area contributed by atoms with E-state index in [1.165, 1.54) is 17.6 Å². The Labute approximate surface area is 112 Å². The molecule has 0 amide bonds. The van der Waals surface area contributed by atoms with Crippen molar-refractivity contribution in [1.29, 1.82) is 0 Å². The minimum absolute atomic E-state index is 0.425. The van der Waals surface area contributed by atoms with Gasteiger partial charge in [0.25, 0.3) is 0 Å². The molecule has 3 rings (SSSR count). The zero-order valence-corrected chi connectivity index (χ0v) is 12.0. The Morgan fingerprint density at radius 2 is 2.22 bits per heavy atom. The van der Waals surface area contributed by atoms with Crippen LogP contribution in [0, 0.1) is 0 Å². The standard InChI is InChI=1S/C11H10N2O2S3/c1-18(14,15)9-3-2-8(17-9)4-7-5-12-11-10(7)16-6-13-11/h2-3,5-6,12H,4H2,1H3. The molecule has 0 aliphatic rings. The molecule has 3 aromatic rings. The van der Waals surface area contributed by atoms with Crippen molar-refractivity contribution in [3.63, 3.8) is 0 Å². The molecule has 0 fully saturated rings. The Kier molecular flexibility index (Phi) is 2.76. The van der Waals surface area contributed by atoms with E-state index in [1.54, 1.807) is 22.9 Å². The molecule has 18 heavy (non-hydrogen) atoms. The molecule has 0 bridgehead atoms. The zero-order valence-electron chi connectivity index (χ0n) is 9.50. The largest absolute Gasteiger partial charge is 0.345 e. The second-order valence-electron chi connectivity index (χ2n) is 4.01. The van der Waals surface area contributed by atoms with Crippen LogP contribution in [0.1, 0.15) is 10.4 Å². The van der Waals surface area contributed by atoms with E-state index in [0.29, 0.717) is 4.21 Å². The number of rotatable bonds is 3. The van der Waals surface area contributed by atoms with Gasteiger partial charge in [0.15, 0.2) is 9.84 Å². The average Bonchev–Trinajstić information content (AvgIpc) is 2.95. The maximum Gasteiger partial charge on any atom is 0.184 e. The summed E-state index contributed by atoms with van der Waals surface area (Å²) in [6.07, 6.45) is 3.91. The SMILES string of the molecule is CS(=O)(=O)c1ccc(Cc2c[nH]c3ncsc23)s1. The van der Waals surface area contributed by atoms with Crippen LogP contribution in [0.2, 0.25) is 0 Å². The Morgan fingerprint density at radius 1 is 1.39 bits per heavy atom. The molecule has 0 aliphatic heterocycles. The van der Waals surface area contributed by atoms with E-state index in [1.807, 2.05) is 12.3 Å².